The minimum atomic E-state index is -0.156. The van der Waals surface area contributed by atoms with E-state index in [4.69, 9.17) is 10.5 Å². The molecule has 3 heterocycles. The lowest BCUT2D eigenvalue weighted by Gasteiger charge is -2.35. The van der Waals surface area contributed by atoms with E-state index in [1.54, 1.807) is 9.13 Å². The van der Waals surface area contributed by atoms with Gasteiger partial charge < -0.3 is 15.4 Å². The minimum Gasteiger partial charge on any atom is -0.457 e. The van der Waals surface area contributed by atoms with Gasteiger partial charge in [-0.3, -0.25) is 14.0 Å². The number of likely N-dealkylation sites (tertiary alicyclic amines) is 1. The van der Waals surface area contributed by atoms with Crippen LogP contribution in [0.1, 0.15) is 19.8 Å². The highest BCUT2D eigenvalue weighted by Crippen LogP contribution is 2.27. The van der Waals surface area contributed by atoms with Crippen molar-refractivity contribution in [1.29, 1.82) is 0 Å². The van der Waals surface area contributed by atoms with Crippen molar-refractivity contribution in [3.8, 4) is 17.2 Å². The van der Waals surface area contributed by atoms with Gasteiger partial charge in [0.2, 0.25) is 0 Å². The summed E-state index contributed by atoms with van der Waals surface area (Å²) in [5.41, 5.74) is 7.93. The number of fused-ring (bicyclic) bond motifs is 1. The van der Waals surface area contributed by atoms with Gasteiger partial charge in [0.1, 0.15) is 23.3 Å². The molecule has 1 fully saturated rings. The number of hydrogen-bond acceptors (Lipinski definition) is 7. The quantitative estimate of drug-likeness (QED) is 0.327. The molecule has 2 aromatic carbocycles. The third kappa shape index (κ3) is 6.05. The van der Waals surface area contributed by atoms with Gasteiger partial charge in [0.25, 0.3) is 0 Å². The molecule has 0 aliphatic carbocycles. The van der Waals surface area contributed by atoms with Crippen LogP contribution in [0.2, 0.25) is 0 Å². The van der Waals surface area contributed by atoms with E-state index in [2.05, 4.69) is 52.9 Å². The number of likely N-dealkylation sites (N-methyl/N-ethyl adjacent to an activating group) is 1. The predicted octanol–water partition coefficient (Wildman–Crippen LogP) is 4.18. The third-order valence-electron chi connectivity index (χ3n) is 7.36. The minimum absolute atomic E-state index is 0.156. The van der Waals surface area contributed by atoms with Crippen molar-refractivity contribution in [2.24, 2.45) is 5.92 Å². The Labute approximate surface area is 229 Å². The maximum absolute atomic E-state index is 13.8. The van der Waals surface area contributed by atoms with Crippen molar-refractivity contribution < 1.29 is 4.74 Å². The summed E-state index contributed by atoms with van der Waals surface area (Å²) in [7, 11) is 4.15. The van der Waals surface area contributed by atoms with E-state index in [-0.39, 0.29) is 11.5 Å². The zero-order chi connectivity index (χ0) is 27.4. The third-order valence-corrected chi connectivity index (χ3v) is 7.36. The lowest BCUT2D eigenvalue weighted by molar-refractivity contribution is 0.153. The smallest absolute Gasteiger partial charge is 0.335 e. The van der Waals surface area contributed by atoms with Crippen LogP contribution in [-0.4, -0.2) is 68.7 Å². The summed E-state index contributed by atoms with van der Waals surface area (Å²) in [5.74, 6) is 2.10. The maximum Gasteiger partial charge on any atom is 0.335 e. The largest absolute Gasteiger partial charge is 0.457 e. The molecule has 4 aromatic rings. The Kier molecular flexibility index (Phi) is 8.09. The number of aromatic nitrogens is 4. The number of rotatable bonds is 9. The average molecular weight is 528 g/mol. The van der Waals surface area contributed by atoms with Crippen molar-refractivity contribution in [1.82, 2.24) is 28.9 Å². The summed E-state index contributed by atoms with van der Waals surface area (Å²) in [5, 5.41) is 0. The van der Waals surface area contributed by atoms with Crippen molar-refractivity contribution in [2.75, 3.05) is 39.5 Å². The number of nitrogens with zero attached hydrogens (tertiary/aromatic N) is 6. The van der Waals surface area contributed by atoms with Crippen LogP contribution in [0.25, 0.3) is 16.9 Å². The number of hydrogen-bond donors (Lipinski definition) is 1. The SMILES string of the molecule is CC(/C=C/CN(C)C)N1CCC(Cn2c(=O)n(-c3ccc(Oc4ccccc4)cc3)c3c(N)ncnc32)CC1. The molecule has 39 heavy (non-hydrogen) atoms. The lowest BCUT2D eigenvalue weighted by atomic mass is 9.95. The molecule has 0 radical (unpaired) electrons. The maximum atomic E-state index is 13.8. The van der Waals surface area contributed by atoms with Crippen LogP contribution < -0.4 is 16.2 Å². The van der Waals surface area contributed by atoms with Gasteiger partial charge in [-0.15, -0.1) is 0 Å². The molecular formula is C30H37N7O2. The first-order valence-electron chi connectivity index (χ1n) is 13.5. The summed E-state index contributed by atoms with van der Waals surface area (Å²) in [6, 6.07) is 17.4. The highest BCUT2D eigenvalue weighted by Gasteiger charge is 2.25. The molecule has 1 unspecified atom stereocenters. The zero-order valence-corrected chi connectivity index (χ0v) is 22.9. The molecule has 0 amide bonds. The highest BCUT2D eigenvalue weighted by molar-refractivity contribution is 5.84. The van der Waals surface area contributed by atoms with Crippen LogP contribution in [0.3, 0.4) is 0 Å². The number of benzene rings is 2. The average Bonchev–Trinajstić information content (AvgIpc) is 3.22. The molecule has 1 aliphatic heterocycles. The normalized spacial score (nSPS) is 15.9. The summed E-state index contributed by atoms with van der Waals surface area (Å²) in [6.45, 7) is 5.81. The number of anilines is 1. The first-order chi connectivity index (χ1) is 18.9. The number of para-hydroxylation sites is 1. The fourth-order valence-electron chi connectivity index (χ4n) is 5.18. The lowest BCUT2D eigenvalue weighted by Crippen LogP contribution is -2.40. The Balaban J connectivity index is 1.34. The number of nitrogen functional groups attached to an aromatic ring is 1. The zero-order valence-electron chi connectivity index (χ0n) is 22.9. The van der Waals surface area contributed by atoms with Gasteiger partial charge in [-0.05, 0) is 89.3 Å². The fourth-order valence-corrected chi connectivity index (χ4v) is 5.18. The molecular weight excluding hydrogens is 490 g/mol. The van der Waals surface area contributed by atoms with Crippen LogP contribution in [-0.2, 0) is 6.54 Å². The molecule has 0 bridgehead atoms. The van der Waals surface area contributed by atoms with Gasteiger partial charge in [-0.25, -0.2) is 14.8 Å². The molecule has 9 heteroatoms. The molecule has 0 spiro atoms. The van der Waals surface area contributed by atoms with Crippen molar-refractivity contribution >= 4 is 17.0 Å². The first kappa shape index (κ1) is 26.6. The van der Waals surface area contributed by atoms with Crippen LogP contribution in [0.5, 0.6) is 11.5 Å². The van der Waals surface area contributed by atoms with Gasteiger partial charge >= 0.3 is 5.69 Å². The molecule has 5 rings (SSSR count). The van der Waals surface area contributed by atoms with Crippen LogP contribution in [0, 0.1) is 5.92 Å². The highest BCUT2D eigenvalue weighted by atomic mass is 16.5. The predicted molar refractivity (Wildman–Crippen MR) is 156 cm³/mol. The summed E-state index contributed by atoms with van der Waals surface area (Å²) < 4.78 is 9.30. The second-order valence-corrected chi connectivity index (χ2v) is 10.5. The van der Waals surface area contributed by atoms with E-state index < -0.39 is 0 Å². The number of piperidine rings is 1. The topological polar surface area (TPSA) is 94.4 Å². The Morgan fingerprint density at radius 2 is 1.74 bits per heavy atom. The first-order valence-corrected chi connectivity index (χ1v) is 13.5. The van der Waals surface area contributed by atoms with E-state index in [0.717, 1.165) is 38.2 Å². The van der Waals surface area contributed by atoms with Crippen LogP contribution in [0.15, 0.2) is 77.9 Å². The Bertz CT molecular complexity index is 1470. The Morgan fingerprint density at radius 3 is 2.44 bits per heavy atom. The van der Waals surface area contributed by atoms with Gasteiger partial charge in [-0.1, -0.05) is 30.4 Å². The number of imidazole rings is 1. The van der Waals surface area contributed by atoms with Crippen molar-refractivity contribution in [3.63, 3.8) is 0 Å². The van der Waals surface area contributed by atoms with Gasteiger partial charge in [-0.2, -0.15) is 0 Å². The van der Waals surface area contributed by atoms with E-state index in [0.29, 0.717) is 41.1 Å². The summed E-state index contributed by atoms with van der Waals surface area (Å²) >= 11 is 0. The Morgan fingerprint density at radius 1 is 1.05 bits per heavy atom. The molecule has 2 aromatic heterocycles. The number of ether oxygens (including phenoxy) is 1. The molecule has 9 nitrogen and oxygen atoms in total. The van der Waals surface area contributed by atoms with Gasteiger partial charge in [0.05, 0.1) is 5.69 Å². The van der Waals surface area contributed by atoms with Gasteiger partial charge in [0, 0.05) is 19.1 Å². The summed E-state index contributed by atoms with van der Waals surface area (Å²) in [6.07, 6.45) is 8.00. The summed E-state index contributed by atoms with van der Waals surface area (Å²) in [4.78, 5) is 27.1. The monoisotopic (exact) mass is 527 g/mol. The number of nitrogens with two attached hydrogens (primary N) is 1. The van der Waals surface area contributed by atoms with E-state index in [1.165, 1.54) is 6.33 Å². The van der Waals surface area contributed by atoms with Gasteiger partial charge in [0.15, 0.2) is 11.5 Å². The van der Waals surface area contributed by atoms with E-state index >= 15 is 0 Å². The van der Waals surface area contributed by atoms with E-state index in [1.807, 2.05) is 54.6 Å². The molecule has 0 saturated carbocycles. The fraction of sp³-hybridized carbons (Fsp3) is 0.367. The van der Waals surface area contributed by atoms with Crippen LogP contribution in [0.4, 0.5) is 5.82 Å². The molecule has 1 aliphatic rings. The van der Waals surface area contributed by atoms with Crippen molar-refractivity contribution in [2.45, 2.75) is 32.4 Å². The van der Waals surface area contributed by atoms with Crippen molar-refractivity contribution in [3.05, 3.63) is 83.6 Å². The van der Waals surface area contributed by atoms with E-state index in [9.17, 15) is 4.79 Å². The second kappa shape index (κ2) is 11.8. The molecule has 2 N–H and O–H groups in total. The van der Waals surface area contributed by atoms with Crippen LogP contribution >= 0.6 is 0 Å². The Hall–Kier alpha value is -3.95. The second-order valence-electron chi connectivity index (χ2n) is 10.5. The molecule has 204 valence electrons. The molecule has 1 saturated heterocycles. The molecule has 1 atom stereocenters. The standard InChI is InChI=1S/C30H37N7O2/c1-22(8-7-17-34(2)3)35-18-15-23(16-19-35)20-36-29-27(28(31)32-21-33-29)37(30(36)38)24-11-13-26(14-12-24)39-25-9-5-4-6-10-25/h4-14,21-23H,15-20H2,1-3H3,(H2,31,32,33)/b8-7+.